The van der Waals surface area contributed by atoms with Gasteiger partial charge in [0.2, 0.25) is 11.8 Å². The topological polar surface area (TPSA) is 135 Å². The Bertz CT molecular complexity index is 1300. The molecule has 0 spiro atoms. The number of nitrogens with zero attached hydrogens (tertiary/aromatic N) is 1. The number of benzene rings is 2. The molecule has 0 saturated carbocycles. The van der Waals surface area contributed by atoms with Crippen molar-refractivity contribution in [1.82, 2.24) is 10.2 Å². The highest BCUT2D eigenvalue weighted by Crippen LogP contribution is 2.37. The fraction of sp³-hybridized carbons (Fsp3) is 0.387. The zero-order chi connectivity index (χ0) is 30.6. The zero-order valence-electron chi connectivity index (χ0n) is 23.8. The lowest BCUT2D eigenvalue weighted by atomic mass is 9.87. The van der Waals surface area contributed by atoms with Crippen molar-refractivity contribution in [2.24, 2.45) is 0 Å². The van der Waals surface area contributed by atoms with Gasteiger partial charge in [-0.2, -0.15) is 0 Å². The van der Waals surface area contributed by atoms with Gasteiger partial charge in [-0.3, -0.25) is 14.4 Å². The molecule has 0 unspecified atom stereocenters. The first-order valence-corrected chi connectivity index (χ1v) is 14.6. The SMILES string of the molecule is C=CCCC(=O)N(CCc1ccccc1OC)[C@@H]1CC(C(=O)NCCO)=C[C@H](Oc2c(I)cc(C=O)cc2OC)[C@H]1O. The predicted molar refractivity (Wildman–Crippen MR) is 166 cm³/mol. The maximum absolute atomic E-state index is 13.5. The van der Waals surface area contributed by atoms with E-state index in [9.17, 15) is 24.6 Å². The molecule has 10 nitrogen and oxygen atoms in total. The minimum absolute atomic E-state index is 0.0452. The summed E-state index contributed by atoms with van der Waals surface area (Å²) in [5, 5.41) is 23.6. The van der Waals surface area contributed by atoms with Gasteiger partial charge in [-0.15, -0.1) is 6.58 Å². The highest BCUT2D eigenvalue weighted by Gasteiger charge is 2.40. The maximum atomic E-state index is 13.5. The number of aliphatic hydroxyl groups excluding tert-OH is 2. The van der Waals surface area contributed by atoms with Gasteiger partial charge >= 0.3 is 0 Å². The normalized spacial score (nSPS) is 17.9. The highest BCUT2D eigenvalue weighted by atomic mass is 127. The average molecular weight is 693 g/mol. The summed E-state index contributed by atoms with van der Waals surface area (Å²) in [4.78, 5) is 39.6. The van der Waals surface area contributed by atoms with Gasteiger partial charge < -0.3 is 34.6 Å². The molecule has 3 rings (SSSR count). The van der Waals surface area contributed by atoms with Crippen LogP contribution in [-0.2, 0) is 16.0 Å². The van der Waals surface area contributed by atoms with Gasteiger partial charge in [0.05, 0.1) is 30.4 Å². The Morgan fingerprint density at radius 3 is 2.60 bits per heavy atom. The number of halogens is 1. The minimum atomic E-state index is -1.21. The van der Waals surface area contributed by atoms with Crippen LogP contribution < -0.4 is 19.5 Å². The fourth-order valence-corrected chi connectivity index (χ4v) is 5.59. The summed E-state index contributed by atoms with van der Waals surface area (Å²) in [5.74, 6) is 0.625. The Labute approximate surface area is 259 Å². The number of hydrogen-bond donors (Lipinski definition) is 3. The van der Waals surface area contributed by atoms with Gasteiger partial charge in [0, 0.05) is 37.1 Å². The van der Waals surface area contributed by atoms with Crippen molar-refractivity contribution in [1.29, 1.82) is 0 Å². The summed E-state index contributed by atoms with van der Waals surface area (Å²) in [6, 6.07) is 9.85. The molecule has 3 N–H and O–H groups in total. The molecule has 1 aliphatic carbocycles. The van der Waals surface area contributed by atoms with Crippen LogP contribution in [0.4, 0.5) is 0 Å². The number of amides is 2. The van der Waals surface area contributed by atoms with E-state index >= 15 is 0 Å². The molecule has 0 fully saturated rings. The van der Waals surface area contributed by atoms with Crippen molar-refractivity contribution in [3.63, 3.8) is 0 Å². The molecular weight excluding hydrogens is 655 g/mol. The lowest BCUT2D eigenvalue weighted by Gasteiger charge is -2.41. The number of aldehydes is 1. The lowest BCUT2D eigenvalue weighted by Crippen LogP contribution is -2.55. The van der Waals surface area contributed by atoms with Crippen LogP contribution in [-0.4, -0.2) is 85.4 Å². The molecule has 0 aliphatic heterocycles. The number of allylic oxidation sites excluding steroid dienone is 1. The van der Waals surface area contributed by atoms with E-state index < -0.39 is 24.2 Å². The van der Waals surface area contributed by atoms with E-state index in [1.807, 2.05) is 46.9 Å². The molecule has 2 aromatic carbocycles. The van der Waals surface area contributed by atoms with Crippen LogP contribution in [0.2, 0.25) is 0 Å². The first kappa shape index (κ1) is 33.1. The van der Waals surface area contributed by atoms with Crippen molar-refractivity contribution in [2.45, 2.75) is 43.9 Å². The monoisotopic (exact) mass is 692 g/mol. The molecule has 1 aliphatic rings. The van der Waals surface area contributed by atoms with Crippen molar-refractivity contribution in [2.75, 3.05) is 33.9 Å². The average Bonchev–Trinajstić information content (AvgIpc) is 3.00. The molecule has 3 atom stereocenters. The molecule has 42 heavy (non-hydrogen) atoms. The largest absolute Gasteiger partial charge is 0.496 e. The smallest absolute Gasteiger partial charge is 0.247 e. The lowest BCUT2D eigenvalue weighted by molar-refractivity contribution is -0.138. The predicted octanol–water partition coefficient (Wildman–Crippen LogP) is 3.07. The zero-order valence-corrected chi connectivity index (χ0v) is 25.9. The van der Waals surface area contributed by atoms with E-state index in [2.05, 4.69) is 11.9 Å². The van der Waals surface area contributed by atoms with Gasteiger partial charge in [-0.1, -0.05) is 24.3 Å². The number of methoxy groups -OCH3 is 2. The standard InChI is InChI=1S/C31H37IN2O8/c1-4-5-10-28(37)34(13-11-21-8-6-7-9-25(21)40-2)24-17-22(31(39)33-12-14-35)18-26(29(24)38)42-30-23(32)15-20(19-36)16-27(30)41-3/h4,6-9,15-16,18-19,24,26,29,35,38H,1,5,10-14,17H2,2-3H3,(H,33,39)/t24-,26+,29+/m1/s1. The second kappa shape index (κ2) is 16.3. The molecule has 0 saturated heterocycles. The summed E-state index contributed by atoms with van der Waals surface area (Å²) < 4.78 is 17.8. The molecule has 11 heteroatoms. The number of ether oxygens (including phenoxy) is 3. The molecule has 0 radical (unpaired) electrons. The quantitative estimate of drug-likeness (QED) is 0.147. The Hall–Kier alpha value is -3.42. The first-order chi connectivity index (χ1) is 20.3. The molecule has 0 bridgehead atoms. The third kappa shape index (κ3) is 8.33. The number of nitrogens with one attached hydrogen (secondary N) is 1. The van der Waals surface area contributed by atoms with Gasteiger partial charge in [-0.05, 0) is 65.3 Å². The number of hydrogen-bond acceptors (Lipinski definition) is 8. The van der Waals surface area contributed by atoms with Crippen LogP contribution in [0.25, 0.3) is 0 Å². The summed E-state index contributed by atoms with van der Waals surface area (Å²) in [5.41, 5.74) is 1.59. The van der Waals surface area contributed by atoms with Crippen LogP contribution in [0.15, 0.2) is 60.7 Å². The number of aliphatic hydroxyl groups is 2. The summed E-state index contributed by atoms with van der Waals surface area (Å²) in [6.07, 6.45) is 2.78. The highest BCUT2D eigenvalue weighted by molar-refractivity contribution is 14.1. The van der Waals surface area contributed by atoms with Crippen LogP contribution in [0.5, 0.6) is 17.2 Å². The van der Waals surface area contributed by atoms with Gasteiger partial charge in [0.15, 0.2) is 11.5 Å². The molecule has 2 aromatic rings. The van der Waals surface area contributed by atoms with Crippen LogP contribution in [0.1, 0.15) is 35.2 Å². The van der Waals surface area contributed by atoms with Gasteiger partial charge in [0.1, 0.15) is 24.2 Å². The van der Waals surface area contributed by atoms with Crippen molar-refractivity contribution < 1.29 is 38.8 Å². The minimum Gasteiger partial charge on any atom is -0.496 e. The third-order valence-electron chi connectivity index (χ3n) is 6.95. The number of rotatable bonds is 15. The molecule has 2 amide bonds. The van der Waals surface area contributed by atoms with Crippen molar-refractivity contribution in [3.8, 4) is 17.2 Å². The van der Waals surface area contributed by atoms with Crippen LogP contribution in [0.3, 0.4) is 0 Å². The molecule has 0 aromatic heterocycles. The molecular formula is C31H37IN2O8. The van der Waals surface area contributed by atoms with Crippen LogP contribution >= 0.6 is 22.6 Å². The number of carbonyl (C=O) groups excluding carboxylic acids is 3. The van der Waals surface area contributed by atoms with Crippen molar-refractivity contribution in [3.05, 3.63) is 75.4 Å². The summed E-state index contributed by atoms with van der Waals surface area (Å²) in [7, 11) is 3.02. The Morgan fingerprint density at radius 2 is 1.93 bits per heavy atom. The second-order valence-corrected chi connectivity index (χ2v) is 10.8. The number of para-hydroxylation sites is 1. The van der Waals surface area contributed by atoms with Crippen LogP contribution in [0, 0.1) is 3.57 Å². The summed E-state index contributed by atoms with van der Waals surface area (Å²) in [6.45, 7) is 3.78. The van der Waals surface area contributed by atoms with Crippen molar-refractivity contribution >= 4 is 40.7 Å². The van der Waals surface area contributed by atoms with E-state index in [-0.39, 0.29) is 44.2 Å². The van der Waals surface area contributed by atoms with E-state index in [1.165, 1.54) is 19.3 Å². The van der Waals surface area contributed by atoms with E-state index in [4.69, 9.17) is 14.2 Å². The molecule has 0 heterocycles. The number of carbonyl (C=O) groups is 3. The molecule has 226 valence electrons. The van der Waals surface area contributed by atoms with Gasteiger partial charge in [0.25, 0.3) is 0 Å². The van der Waals surface area contributed by atoms with E-state index in [0.717, 1.165) is 5.56 Å². The Morgan fingerprint density at radius 1 is 1.19 bits per heavy atom. The third-order valence-corrected chi connectivity index (χ3v) is 7.75. The second-order valence-electron chi connectivity index (χ2n) is 9.64. The fourth-order valence-electron chi connectivity index (χ4n) is 4.83. The Balaban J connectivity index is 2.01. The van der Waals surface area contributed by atoms with Gasteiger partial charge in [-0.25, -0.2) is 0 Å². The van der Waals surface area contributed by atoms with E-state index in [0.29, 0.717) is 45.3 Å². The first-order valence-electron chi connectivity index (χ1n) is 13.6. The maximum Gasteiger partial charge on any atom is 0.247 e. The van der Waals surface area contributed by atoms with E-state index in [1.54, 1.807) is 24.2 Å². The Kier molecular flexibility index (Phi) is 12.8. The summed E-state index contributed by atoms with van der Waals surface area (Å²) >= 11 is 2.01.